The highest BCUT2D eigenvalue weighted by molar-refractivity contribution is 5.95. The number of hydrogen-bond acceptors (Lipinski definition) is 9. The molecule has 0 radical (unpaired) electrons. The highest BCUT2D eigenvalue weighted by Gasteiger charge is 2.46. The molecule has 3 saturated carbocycles. The monoisotopic (exact) mass is 714 g/mol. The summed E-state index contributed by atoms with van der Waals surface area (Å²) in [6.07, 6.45) is 13.7. The first-order chi connectivity index (χ1) is 25.0. The summed E-state index contributed by atoms with van der Waals surface area (Å²) in [6, 6.07) is 8.19. The topological polar surface area (TPSA) is 128 Å². The number of rotatable bonds is 8. The lowest BCUT2D eigenvalue weighted by Crippen LogP contribution is -2.46. The highest BCUT2D eigenvalue weighted by atomic mass is 19.3. The summed E-state index contributed by atoms with van der Waals surface area (Å²) in [5.74, 6) is -3.72. The van der Waals surface area contributed by atoms with E-state index in [1.165, 1.54) is 23.7 Å². The maximum absolute atomic E-state index is 15.3. The molecule has 4 fully saturated rings. The van der Waals surface area contributed by atoms with Crippen LogP contribution in [0.3, 0.4) is 0 Å². The van der Waals surface area contributed by atoms with E-state index in [0.717, 1.165) is 83.4 Å². The predicted molar refractivity (Wildman–Crippen MR) is 192 cm³/mol. The molecule has 11 nitrogen and oxygen atoms in total. The molecule has 2 aliphatic heterocycles. The van der Waals surface area contributed by atoms with Gasteiger partial charge in [0.05, 0.1) is 11.5 Å². The highest BCUT2D eigenvalue weighted by Crippen LogP contribution is 2.51. The SMILES string of the molecule is CC(F)(F)c1nc(N2CC3(CCCCC3)c3cc(CN4CCN(c5ncccn5)CC4)ccc32)ncc1C(=O)NC1CC2CC(C1)CC(C(=O)O)C2. The van der Waals surface area contributed by atoms with Crippen molar-refractivity contribution in [3.63, 3.8) is 0 Å². The van der Waals surface area contributed by atoms with Crippen LogP contribution in [0.4, 0.5) is 26.4 Å². The Bertz CT molecular complexity index is 1780. The number of halogens is 2. The smallest absolute Gasteiger partial charge is 0.306 e. The van der Waals surface area contributed by atoms with Crippen LogP contribution < -0.4 is 15.1 Å². The first-order valence-corrected chi connectivity index (χ1v) is 19.0. The number of carboxylic acids is 1. The van der Waals surface area contributed by atoms with Crippen molar-refractivity contribution < 1.29 is 23.5 Å². The molecule has 1 saturated heterocycles. The average molecular weight is 715 g/mol. The fourth-order valence-corrected chi connectivity index (χ4v) is 9.90. The van der Waals surface area contributed by atoms with Gasteiger partial charge in [0.15, 0.2) is 0 Å². The van der Waals surface area contributed by atoms with Crippen LogP contribution in [-0.2, 0) is 22.7 Å². The summed E-state index contributed by atoms with van der Waals surface area (Å²) in [5.41, 5.74) is 2.53. The minimum Gasteiger partial charge on any atom is -0.481 e. The van der Waals surface area contributed by atoms with Crippen molar-refractivity contribution in [2.24, 2.45) is 17.8 Å². The van der Waals surface area contributed by atoms with Crippen molar-refractivity contribution in [3.05, 3.63) is 65.2 Å². The summed E-state index contributed by atoms with van der Waals surface area (Å²) in [5, 5.41) is 12.5. The Hall–Kier alpha value is -4.26. The lowest BCUT2D eigenvalue weighted by Gasteiger charge is -2.41. The average Bonchev–Trinajstić information content (AvgIpc) is 3.43. The molecule has 8 rings (SSSR count). The van der Waals surface area contributed by atoms with E-state index in [1.807, 2.05) is 11.0 Å². The number of aliphatic carboxylic acids is 1. The summed E-state index contributed by atoms with van der Waals surface area (Å²) in [4.78, 5) is 49.7. The van der Waals surface area contributed by atoms with E-state index < -0.39 is 23.5 Å². The van der Waals surface area contributed by atoms with Crippen molar-refractivity contribution in [2.45, 2.75) is 95.1 Å². The number of amides is 1. The molecule has 3 aromatic rings. The molecule has 1 spiro atoms. The molecule has 2 atom stereocenters. The maximum Gasteiger partial charge on any atom is 0.306 e. The number of carbonyl (C=O) groups excluding carboxylic acids is 1. The number of benzene rings is 1. The Morgan fingerprint density at radius 2 is 1.65 bits per heavy atom. The van der Waals surface area contributed by atoms with Gasteiger partial charge in [0, 0.05) is 81.9 Å². The molecule has 2 bridgehead atoms. The van der Waals surface area contributed by atoms with Crippen LogP contribution in [-0.4, -0.2) is 80.6 Å². The standard InChI is InChI=1S/C39H48F2N8O3/c1-38(40,41)33-30(34(50)45-29-19-26-16-27(20-29)18-28(17-26)35(51)52)22-44-37(46-33)49-24-39(8-3-2-4-9-39)31-21-25(6-7-32(31)49)23-47-12-14-48(15-13-47)36-42-10-5-11-43-36/h5-7,10-11,21-22,26-29H,2-4,8-9,12-20,23-24H2,1H3,(H,45,50)(H,51,52). The zero-order valence-corrected chi connectivity index (χ0v) is 29.8. The second-order valence-corrected chi connectivity index (χ2v) is 16.0. The van der Waals surface area contributed by atoms with Gasteiger partial charge in [0.25, 0.3) is 11.8 Å². The quantitative estimate of drug-likeness (QED) is 0.284. The third kappa shape index (κ3) is 6.95. The number of fused-ring (bicyclic) bond motifs is 4. The molecule has 2 aromatic heterocycles. The zero-order chi connectivity index (χ0) is 36.0. The van der Waals surface area contributed by atoms with Crippen molar-refractivity contribution in [1.29, 1.82) is 0 Å². The van der Waals surface area contributed by atoms with E-state index in [9.17, 15) is 14.7 Å². The van der Waals surface area contributed by atoms with Crippen molar-refractivity contribution >= 4 is 29.5 Å². The van der Waals surface area contributed by atoms with Crippen LogP contribution in [0.25, 0.3) is 0 Å². The largest absolute Gasteiger partial charge is 0.481 e. The van der Waals surface area contributed by atoms with Crippen LogP contribution in [0.15, 0.2) is 42.9 Å². The van der Waals surface area contributed by atoms with Gasteiger partial charge in [-0.3, -0.25) is 14.5 Å². The van der Waals surface area contributed by atoms with Crippen molar-refractivity contribution in [2.75, 3.05) is 42.5 Å². The van der Waals surface area contributed by atoms with Crippen LogP contribution in [0.1, 0.15) is 98.3 Å². The lowest BCUT2D eigenvalue weighted by molar-refractivity contribution is -0.144. The molecule has 1 amide bonds. The number of hydrogen-bond donors (Lipinski definition) is 2. The first kappa shape index (κ1) is 34.8. The number of piperazine rings is 1. The Morgan fingerprint density at radius 1 is 0.942 bits per heavy atom. The second-order valence-electron chi connectivity index (χ2n) is 16.0. The molecular weight excluding hydrogens is 666 g/mol. The van der Waals surface area contributed by atoms with E-state index in [4.69, 9.17) is 0 Å². The van der Waals surface area contributed by atoms with Gasteiger partial charge in [0.1, 0.15) is 5.69 Å². The molecule has 5 aliphatic rings. The van der Waals surface area contributed by atoms with Gasteiger partial charge in [-0.2, -0.15) is 8.78 Å². The lowest BCUT2D eigenvalue weighted by atomic mass is 9.66. The number of aromatic nitrogens is 4. The Labute approximate surface area is 303 Å². The predicted octanol–water partition coefficient (Wildman–Crippen LogP) is 6.06. The molecule has 52 heavy (non-hydrogen) atoms. The van der Waals surface area contributed by atoms with Crippen LogP contribution in [0.2, 0.25) is 0 Å². The number of carbonyl (C=O) groups is 2. The zero-order valence-electron chi connectivity index (χ0n) is 29.8. The fraction of sp³-hybridized carbons (Fsp3) is 0.590. The third-order valence-electron chi connectivity index (χ3n) is 12.3. The number of carboxylic acid groups (broad SMARTS) is 1. The molecular formula is C39H48F2N8O3. The molecule has 2 unspecified atom stereocenters. The fourth-order valence-electron chi connectivity index (χ4n) is 9.90. The summed E-state index contributed by atoms with van der Waals surface area (Å²) >= 11 is 0. The van der Waals surface area contributed by atoms with Gasteiger partial charge in [-0.05, 0) is 80.0 Å². The summed E-state index contributed by atoms with van der Waals surface area (Å²) in [7, 11) is 0. The van der Waals surface area contributed by atoms with E-state index in [1.54, 1.807) is 12.4 Å². The number of anilines is 3. The summed E-state index contributed by atoms with van der Waals surface area (Å²) < 4.78 is 30.6. The molecule has 276 valence electrons. The van der Waals surface area contributed by atoms with E-state index in [0.29, 0.717) is 32.2 Å². The van der Waals surface area contributed by atoms with Gasteiger partial charge in [-0.25, -0.2) is 19.9 Å². The van der Waals surface area contributed by atoms with Gasteiger partial charge in [0.2, 0.25) is 11.9 Å². The van der Waals surface area contributed by atoms with E-state index in [-0.39, 0.29) is 40.7 Å². The van der Waals surface area contributed by atoms with Crippen LogP contribution in [0.5, 0.6) is 0 Å². The Balaban J connectivity index is 1.01. The Kier molecular flexibility index (Phi) is 9.33. The minimum atomic E-state index is -3.37. The van der Waals surface area contributed by atoms with Gasteiger partial charge in [-0.15, -0.1) is 0 Å². The Morgan fingerprint density at radius 3 is 2.33 bits per heavy atom. The molecule has 3 aliphatic carbocycles. The van der Waals surface area contributed by atoms with Gasteiger partial charge in [-0.1, -0.05) is 31.4 Å². The molecule has 4 heterocycles. The molecule has 2 N–H and O–H groups in total. The number of nitrogens with zero attached hydrogens (tertiary/aromatic N) is 7. The van der Waals surface area contributed by atoms with Gasteiger partial charge < -0.3 is 20.2 Å². The number of alkyl halides is 2. The molecule has 1 aromatic carbocycles. The minimum absolute atomic E-state index is 0.111. The third-order valence-corrected chi connectivity index (χ3v) is 12.3. The number of nitrogens with one attached hydrogen (secondary N) is 1. The van der Waals surface area contributed by atoms with Crippen LogP contribution in [0, 0.1) is 17.8 Å². The summed E-state index contributed by atoms with van der Waals surface area (Å²) in [6.45, 7) is 5.75. The van der Waals surface area contributed by atoms with E-state index in [2.05, 4.69) is 53.3 Å². The normalized spacial score (nSPS) is 25.9. The molecule has 13 heteroatoms. The van der Waals surface area contributed by atoms with Crippen LogP contribution >= 0.6 is 0 Å². The van der Waals surface area contributed by atoms with E-state index >= 15 is 8.78 Å². The van der Waals surface area contributed by atoms with Gasteiger partial charge >= 0.3 is 5.97 Å². The second kappa shape index (κ2) is 13.9. The maximum atomic E-state index is 15.3. The van der Waals surface area contributed by atoms with Crippen molar-refractivity contribution in [1.82, 2.24) is 30.2 Å². The van der Waals surface area contributed by atoms with Crippen molar-refractivity contribution in [3.8, 4) is 0 Å². The first-order valence-electron chi connectivity index (χ1n) is 19.0.